The molecule has 0 unspecified atom stereocenters. The first-order valence-electron chi connectivity index (χ1n) is 28.0. The van der Waals surface area contributed by atoms with Crippen molar-refractivity contribution in [1.82, 2.24) is 71.4 Å². The van der Waals surface area contributed by atoms with Crippen molar-refractivity contribution in [3.8, 4) is 0 Å². The maximum Gasteiger partial charge on any atom is 0.330 e. The van der Waals surface area contributed by atoms with Gasteiger partial charge in [-0.2, -0.15) is 62.4 Å². The van der Waals surface area contributed by atoms with Gasteiger partial charge in [0.15, 0.2) is 22.4 Å². The first-order valence-corrected chi connectivity index (χ1v) is 33.0. The molecule has 2 amide bonds. The SMILES string of the molecule is CP1(=O)OCN(O)CO1.O=C1CCN(O)C1.O=C1CN(O)CCN1.O=C1CN(O)CCO1.O=C1CN(O)CN1.O=C1CN(O)CO1.O=S1(=O)CCN(O)CC1.ON1CCCC1.ON1CCCCC1.ON1CCOC1.ON1CCOCC1.ON1CCSCC1. The van der Waals surface area contributed by atoms with Crippen LogP contribution in [0, 0.1) is 0 Å². The number of Topliss-reactive ketones (excluding diaryl/α,β-unsaturated/α-hetero) is 1. The minimum absolute atomic E-state index is 0. The molecule has 12 aliphatic heterocycles. The van der Waals surface area contributed by atoms with E-state index in [1.165, 1.54) is 33.3 Å². The van der Waals surface area contributed by atoms with Crippen LogP contribution in [-0.2, 0) is 66.4 Å². The zero-order valence-corrected chi connectivity index (χ0v) is 52.3. The molecule has 0 bridgehead atoms. The van der Waals surface area contributed by atoms with E-state index in [1.807, 2.05) is 11.8 Å². The Morgan fingerprint density at radius 2 is 0.875 bits per heavy atom. The molecular formula is C45H95N14O26PS2. The number of morpholine rings is 2. The Morgan fingerprint density at radius 1 is 0.420 bits per heavy atom. The van der Waals surface area contributed by atoms with Crippen LogP contribution < -0.4 is 10.6 Å². The smallest absolute Gasteiger partial charge is 0.330 e. The van der Waals surface area contributed by atoms with Crippen molar-refractivity contribution < 1.29 is 127 Å². The number of sulfone groups is 1. The van der Waals surface area contributed by atoms with Gasteiger partial charge < -0.3 is 92.1 Å². The topological polar surface area (TPSA) is 498 Å². The summed E-state index contributed by atoms with van der Waals surface area (Å²) in [5, 5.41) is 121. The highest BCUT2D eigenvalue weighted by Gasteiger charge is 2.25. The lowest BCUT2D eigenvalue weighted by atomic mass is 10.2. The molecule has 12 heterocycles. The molecule has 40 nitrogen and oxygen atoms in total. The molecule has 0 aliphatic carbocycles. The van der Waals surface area contributed by atoms with Crippen LogP contribution >= 0.6 is 19.4 Å². The van der Waals surface area contributed by atoms with Gasteiger partial charge >= 0.3 is 19.5 Å². The number of carbonyl (C=O) groups excluding carboxylic acids is 5. The third-order valence-electron chi connectivity index (χ3n) is 11.7. The van der Waals surface area contributed by atoms with Gasteiger partial charge in [-0.15, -0.1) is 10.1 Å². The van der Waals surface area contributed by atoms with Crippen molar-refractivity contribution in [1.29, 1.82) is 0 Å². The summed E-state index contributed by atoms with van der Waals surface area (Å²) < 4.78 is 59.8. The lowest BCUT2D eigenvalue weighted by Crippen LogP contribution is -2.45. The monoisotopic (exact) mass is 1340 g/mol. The van der Waals surface area contributed by atoms with Crippen LogP contribution in [0.25, 0.3) is 0 Å². The van der Waals surface area contributed by atoms with Crippen molar-refractivity contribution >= 4 is 58.7 Å². The van der Waals surface area contributed by atoms with E-state index in [2.05, 4.69) is 29.2 Å². The Bertz CT molecular complexity index is 1880. The Balaban J connectivity index is 0.000000481. The van der Waals surface area contributed by atoms with Crippen LogP contribution in [0.1, 0.15) is 38.5 Å². The van der Waals surface area contributed by atoms with Gasteiger partial charge in [-0.05, 0) is 25.7 Å². The van der Waals surface area contributed by atoms with Gasteiger partial charge in [0.1, 0.15) is 53.0 Å². The summed E-state index contributed by atoms with van der Waals surface area (Å²) in [7, 11) is -5.64. The van der Waals surface area contributed by atoms with E-state index >= 15 is 0 Å². The number of cyclic esters (lactones) is 2. The lowest BCUT2D eigenvalue weighted by Gasteiger charge is -2.24. The minimum atomic E-state index is -2.83. The number of nitrogens with one attached hydrogen (secondary N) is 2. The number of carbonyl (C=O) groups is 5. The van der Waals surface area contributed by atoms with Crippen LogP contribution in [0.2, 0.25) is 0 Å². The number of piperazine rings is 1. The Kier molecular flexibility index (Phi) is 46.7. The second kappa shape index (κ2) is 49.6. The number of ketones is 1. The summed E-state index contributed by atoms with van der Waals surface area (Å²) in [5.74, 6) is 1.49. The molecule has 43 heteroatoms. The molecule has 0 atom stereocenters. The number of hydrogen-bond acceptors (Lipinski definition) is 39. The van der Waals surface area contributed by atoms with E-state index in [-0.39, 0.29) is 114 Å². The molecule has 518 valence electrons. The third kappa shape index (κ3) is 49.6. The summed E-state index contributed by atoms with van der Waals surface area (Å²) in [6.07, 6.45) is 6.45. The first-order chi connectivity index (χ1) is 41.6. The van der Waals surface area contributed by atoms with Crippen molar-refractivity contribution in [3.63, 3.8) is 0 Å². The molecule has 12 aliphatic rings. The first kappa shape index (κ1) is 83.0. The Labute approximate surface area is 515 Å². The van der Waals surface area contributed by atoms with E-state index in [9.17, 15) is 37.0 Å². The number of ether oxygens (including phenoxy) is 4. The van der Waals surface area contributed by atoms with Gasteiger partial charge in [-0.1, -0.05) is 6.42 Å². The zero-order valence-electron chi connectivity index (χ0n) is 49.8. The summed E-state index contributed by atoms with van der Waals surface area (Å²) in [5.41, 5.74) is 0. The predicted molar refractivity (Wildman–Crippen MR) is 300 cm³/mol. The highest BCUT2D eigenvalue weighted by atomic mass is 32.2. The molecule has 12 rings (SSSR count). The highest BCUT2D eigenvalue weighted by Crippen LogP contribution is 2.45. The van der Waals surface area contributed by atoms with E-state index in [4.69, 9.17) is 72.0 Å². The average Bonchev–Trinajstić information content (AvgIpc) is 4.53. The minimum Gasteiger partial charge on any atom is -0.463 e. The fourth-order valence-electron chi connectivity index (χ4n) is 6.83. The van der Waals surface area contributed by atoms with Crippen LogP contribution in [-0.4, -0.2) is 382 Å². The largest absolute Gasteiger partial charge is 0.463 e. The zero-order chi connectivity index (χ0) is 65.8. The molecule has 88 heavy (non-hydrogen) atoms. The van der Waals surface area contributed by atoms with Crippen molar-refractivity contribution in [3.05, 3.63) is 0 Å². The Hall–Kier alpha value is -3.04. The van der Waals surface area contributed by atoms with Gasteiger partial charge in [-0.3, -0.25) is 37.6 Å². The van der Waals surface area contributed by atoms with Crippen molar-refractivity contribution in [2.45, 2.75) is 38.5 Å². The molecule has 0 aromatic heterocycles. The van der Waals surface area contributed by atoms with Gasteiger partial charge in [-0.25, -0.2) is 8.42 Å². The van der Waals surface area contributed by atoms with Crippen LogP contribution in [0.4, 0.5) is 0 Å². The van der Waals surface area contributed by atoms with Crippen LogP contribution in [0.15, 0.2) is 0 Å². The number of hydrogen-bond donors (Lipinski definition) is 14. The number of esters is 2. The molecular weight excluding hydrogens is 1250 g/mol. The predicted octanol–water partition coefficient (Wildman–Crippen LogP) is -3.65. The molecule has 0 aromatic rings. The van der Waals surface area contributed by atoms with E-state index in [0.29, 0.717) is 85.4 Å². The van der Waals surface area contributed by atoms with E-state index in [0.717, 1.165) is 117 Å². The van der Waals surface area contributed by atoms with E-state index < -0.39 is 17.4 Å². The number of rotatable bonds is 0. The number of piperidine rings is 1. The highest BCUT2D eigenvalue weighted by molar-refractivity contribution is 7.99. The van der Waals surface area contributed by atoms with Crippen LogP contribution in [0.3, 0.4) is 0 Å². The quantitative estimate of drug-likeness (QED) is 0.0821. The normalized spacial score (nSPS) is 24.9. The number of nitrogens with zero attached hydrogens (tertiary/aromatic N) is 12. The molecule has 0 saturated carbocycles. The Morgan fingerprint density at radius 3 is 1.14 bits per heavy atom. The van der Waals surface area contributed by atoms with Gasteiger partial charge in [0, 0.05) is 116 Å². The standard InChI is InChI=1S/C5H11NO.C4H8N2O2.C4H9NO3S.C4H7NO3.C4H9NO2.C4H7NO2.C4H9NOS.C4H9NO.C3H6N2O2.C3H8NO4P.C3H5NO3.C3H7NO2/c7-6-4-2-1-3-5-6;7-4-3-6(8)2-1-5-4;6-5-1-3-9(7,8)4-2-5;6-4-3-5(7)1-2-8-4;6-5-1-3-7-4-2-5;6-4-1-2-5(7)3-4;6-5-1-3-7-4-2-5;6-5-3-1-2-4-5;6-3-1-5(7)2-4-3;1-9(6)7-2-4(5)3-8-9;5-3-1-4(6)2-7-3;5-4-1-2-6-3-4/h7H,1-5H2;8H,1-3H2,(H,5,7);6H,1-4H2;7H,1-3H2;6H,1-4H2;7H,1-3H2;6H,1-4H2;6H,1-4H2;7H,1-2H2,(H,4,6);5H,2-3H2,1H3;6H,1-2H2;5H,1-3H2. The maximum absolute atomic E-state index is 10.8. The van der Waals surface area contributed by atoms with Gasteiger partial charge in [0.05, 0.1) is 51.1 Å². The summed E-state index contributed by atoms with van der Waals surface area (Å²) >= 11 is 1.90. The fourth-order valence-corrected chi connectivity index (χ4v) is 9.66. The number of amides is 2. The molecule has 0 radical (unpaired) electrons. The summed E-state index contributed by atoms with van der Waals surface area (Å²) in [6, 6.07) is 0. The second-order valence-electron chi connectivity index (χ2n) is 19.7. The molecule has 14 N–H and O–H groups in total. The lowest BCUT2D eigenvalue weighted by molar-refractivity contribution is -0.194. The van der Waals surface area contributed by atoms with Crippen molar-refractivity contribution in [2.75, 3.05) is 221 Å². The van der Waals surface area contributed by atoms with Gasteiger partial charge in [0.2, 0.25) is 11.8 Å². The molecule has 0 spiro atoms. The summed E-state index contributed by atoms with van der Waals surface area (Å²) in [4.78, 5) is 51.0. The number of thioether (sulfide) groups is 1. The molecule has 12 fully saturated rings. The maximum atomic E-state index is 10.8. The van der Waals surface area contributed by atoms with E-state index in [1.54, 1.807) is 0 Å². The third-order valence-corrected chi connectivity index (χ3v) is 15.5. The van der Waals surface area contributed by atoms with Crippen molar-refractivity contribution in [2.24, 2.45) is 0 Å². The summed E-state index contributed by atoms with van der Waals surface area (Å²) in [6.45, 7) is 14.3. The average molecular weight is 1340 g/mol. The number of hydroxylamine groups is 24. The van der Waals surface area contributed by atoms with Crippen LogP contribution in [0.5, 0.6) is 0 Å². The molecule has 0 aromatic carbocycles. The molecule has 12 saturated heterocycles. The van der Waals surface area contributed by atoms with Gasteiger partial charge in [0.25, 0.3) is 0 Å². The second-order valence-corrected chi connectivity index (χ2v) is 25.3. The fraction of sp³-hybridized carbons (Fsp3) is 0.889.